The highest BCUT2D eigenvalue weighted by atomic mass is 15.1. The van der Waals surface area contributed by atoms with Crippen LogP contribution in [0.25, 0.3) is 0 Å². The van der Waals surface area contributed by atoms with Crippen LogP contribution in [-0.4, -0.2) is 37.1 Å². The minimum absolute atomic E-state index is 0.305. The third-order valence-electron chi connectivity index (χ3n) is 4.77. The van der Waals surface area contributed by atoms with Crippen LogP contribution in [0.3, 0.4) is 0 Å². The molecule has 1 aliphatic carbocycles. The van der Waals surface area contributed by atoms with Crippen LogP contribution in [0, 0.1) is 17.2 Å². The highest BCUT2D eigenvalue weighted by molar-refractivity contribution is 5.05. The normalized spacial score (nSPS) is 19.8. The van der Waals surface area contributed by atoms with Gasteiger partial charge >= 0.3 is 0 Å². The molecule has 1 fully saturated rings. The number of hydrogen-bond acceptors (Lipinski definition) is 3. The van der Waals surface area contributed by atoms with Crippen molar-refractivity contribution in [2.24, 2.45) is 5.92 Å². The first-order valence-electron chi connectivity index (χ1n) is 8.50. The standard InChI is InChI=1S/C17H33N3/c1-4-17(15-18,19-5-2)12-9-13-20(3)14-16-10-7-6-8-11-16/h16,19H,4-14H2,1-3H3. The molecule has 1 atom stereocenters. The lowest BCUT2D eigenvalue weighted by atomic mass is 9.88. The van der Waals surface area contributed by atoms with E-state index in [-0.39, 0.29) is 5.54 Å². The van der Waals surface area contributed by atoms with E-state index in [1.807, 2.05) is 0 Å². The van der Waals surface area contributed by atoms with Crippen molar-refractivity contribution in [2.75, 3.05) is 26.7 Å². The molecule has 1 N–H and O–H groups in total. The minimum atomic E-state index is -0.305. The van der Waals surface area contributed by atoms with Crippen LogP contribution in [0.15, 0.2) is 0 Å². The fourth-order valence-electron chi connectivity index (χ4n) is 3.46. The van der Waals surface area contributed by atoms with Gasteiger partial charge < -0.3 is 4.90 Å². The Morgan fingerprint density at radius 2 is 1.95 bits per heavy atom. The van der Waals surface area contributed by atoms with E-state index in [9.17, 15) is 5.26 Å². The summed E-state index contributed by atoms with van der Waals surface area (Å²) >= 11 is 0. The molecular weight excluding hydrogens is 246 g/mol. The Bertz CT molecular complexity index is 291. The van der Waals surface area contributed by atoms with Crippen molar-refractivity contribution in [3.63, 3.8) is 0 Å². The van der Waals surface area contributed by atoms with E-state index in [0.29, 0.717) is 0 Å². The molecular formula is C17H33N3. The van der Waals surface area contributed by atoms with Gasteiger partial charge in [0.05, 0.1) is 6.07 Å². The van der Waals surface area contributed by atoms with Crippen molar-refractivity contribution in [1.29, 1.82) is 5.26 Å². The first kappa shape index (κ1) is 17.5. The molecule has 0 aliphatic heterocycles. The molecule has 0 amide bonds. The summed E-state index contributed by atoms with van der Waals surface area (Å²) in [6.45, 7) is 7.42. The van der Waals surface area contributed by atoms with Gasteiger partial charge in [-0.3, -0.25) is 5.32 Å². The summed E-state index contributed by atoms with van der Waals surface area (Å²) in [4.78, 5) is 2.47. The van der Waals surface area contributed by atoms with Crippen LogP contribution >= 0.6 is 0 Å². The number of nitriles is 1. The number of hydrogen-bond donors (Lipinski definition) is 1. The van der Waals surface area contributed by atoms with Crippen molar-refractivity contribution in [1.82, 2.24) is 10.2 Å². The van der Waals surface area contributed by atoms with Crippen LogP contribution < -0.4 is 5.32 Å². The monoisotopic (exact) mass is 279 g/mol. The Morgan fingerprint density at radius 3 is 2.50 bits per heavy atom. The van der Waals surface area contributed by atoms with Gasteiger partial charge in [-0.1, -0.05) is 33.1 Å². The second-order valence-corrected chi connectivity index (χ2v) is 6.45. The summed E-state index contributed by atoms with van der Waals surface area (Å²) < 4.78 is 0. The van der Waals surface area contributed by atoms with Gasteiger partial charge in [-0.05, 0) is 58.2 Å². The lowest BCUT2D eigenvalue weighted by Crippen LogP contribution is -2.43. The van der Waals surface area contributed by atoms with Gasteiger partial charge in [-0.2, -0.15) is 5.26 Å². The molecule has 3 nitrogen and oxygen atoms in total. The predicted octanol–water partition coefficient (Wildman–Crippen LogP) is 3.56. The van der Waals surface area contributed by atoms with Crippen molar-refractivity contribution >= 4 is 0 Å². The summed E-state index contributed by atoms with van der Waals surface area (Å²) in [5, 5.41) is 12.8. The number of nitrogens with one attached hydrogen (secondary N) is 1. The molecule has 0 bridgehead atoms. The average molecular weight is 279 g/mol. The van der Waals surface area contributed by atoms with Crippen molar-refractivity contribution in [3.8, 4) is 6.07 Å². The van der Waals surface area contributed by atoms with Crippen molar-refractivity contribution < 1.29 is 0 Å². The Kier molecular flexibility index (Phi) is 8.18. The maximum atomic E-state index is 9.41. The maximum absolute atomic E-state index is 9.41. The van der Waals surface area contributed by atoms with Gasteiger partial charge in [0.2, 0.25) is 0 Å². The molecule has 0 radical (unpaired) electrons. The first-order valence-corrected chi connectivity index (χ1v) is 8.50. The molecule has 116 valence electrons. The third-order valence-corrected chi connectivity index (χ3v) is 4.77. The quantitative estimate of drug-likeness (QED) is 0.701. The minimum Gasteiger partial charge on any atom is -0.306 e. The Balaban J connectivity index is 2.25. The summed E-state index contributed by atoms with van der Waals surface area (Å²) in [7, 11) is 2.24. The van der Waals surface area contributed by atoms with Crippen LogP contribution in [-0.2, 0) is 0 Å². The van der Waals surface area contributed by atoms with E-state index in [1.54, 1.807) is 0 Å². The molecule has 1 rings (SSSR count). The van der Waals surface area contributed by atoms with Gasteiger partial charge in [0.1, 0.15) is 5.54 Å². The van der Waals surface area contributed by atoms with Gasteiger partial charge in [0, 0.05) is 6.54 Å². The molecule has 0 heterocycles. The SMILES string of the molecule is CCNC(C#N)(CC)CCCN(C)CC1CCCCC1. The zero-order valence-corrected chi connectivity index (χ0v) is 13.7. The Morgan fingerprint density at radius 1 is 1.25 bits per heavy atom. The Labute approximate surface area is 125 Å². The molecule has 3 heteroatoms. The smallest absolute Gasteiger partial charge is 0.106 e. The fraction of sp³-hybridized carbons (Fsp3) is 0.941. The lowest BCUT2D eigenvalue weighted by Gasteiger charge is -2.29. The average Bonchev–Trinajstić information content (AvgIpc) is 2.47. The topological polar surface area (TPSA) is 39.1 Å². The van der Waals surface area contributed by atoms with Gasteiger partial charge in [-0.25, -0.2) is 0 Å². The van der Waals surface area contributed by atoms with Crippen LogP contribution in [0.1, 0.15) is 65.2 Å². The van der Waals surface area contributed by atoms with E-state index in [4.69, 9.17) is 0 Å². The zero-order valence-electron chi connectivity index (χ0n) is 13.7. The van der Waals surface area contributed by atoms with Crippen LogP contribution in [0.5, 0.6) is 0 Å². The Hall–Kier alpha value is -0.590. The molecule has 0 aromatic carbocycles. The van der Waals surface area contributed by atoms with Crippen molar-refractivity contribution in [2.45, 2.75) is 70.8 Å². The fourth-order valence-corrected chi connectivity index (χ4v) is 3.46. The lowest BCUT2D eigenvalue weighted by molar-refractivity contribution is 0.224. The highest BCUT2D eigenvalue weighted by Gasteiger charge is 2.26. The van der Waals surface area contributed by atoms with Crippen molar-refractivity contribution in [3.05, 3.63) is 0 Å². The first-order chi connectivity index (χ1) is 9.65. The van der Waals surface area contributed by atoms with Crippen LogP contribution in [0.4, 0.5) is 0 Å². The molecule has 1 unspecified atom stereocenters. The predicted molar refractivity (Wildman–Crippen MR) is 85.6 cm³/mol. The van der Waals surface area contributed by atoms with Gasteiger partial charge in [-0.15, -0.1) is 0 Å². The second-order valence-electron chi connectivity index (χ2n) is 6.45. The molecule has 1 saturated carbocycles. The zero-order chi connectivity index (χ0) is 14.8. The van der Waals surface area contributed by atoms with E-state index in [1.165, 1.54) is 38.6 Å². The molecule has 0 aromatic rings. The molecule has 0 aromatic heterocycles. The molecule has 0 spiro atoms. The van der Waals surface area contributed by atoms with Gasteiger partial charge in [0.25, 0.3) is 0 Å². The summed E-state index contributed by atoms with van der Waals surface area (Å²) in [5.74, 6) is 0.911. The van der Waals surface area contributed by atoms with E-state index < -0.39 is 0 Å². The second kappa shape index (κ2) is 9.37. The maximum Gasteiger partial charge on any atom is 0.106 e. The molecule has 1 aliphatic rings. The van der Waals surface area contributed by atoms with E-state index in [0.717, 1.165) is 38.3 Å². The summed E-state index contributed by atoms with van der Waals surface area (Å²) in [6, 6.07) is 2.49. The summed E-state index contributed by atoms with van der Waals surface area (Å²) in [6.07, 6.45) is 10.1. The van der Waals surface area contributed by atoms with E-state index >= 15 is 0 Å². The molecule has 0 saturated heterocycles. The summed E-state index contributed by atoms with van der Waals surface area (Å²) in [5.41, 5.74) is -0.305. The number of nitrogens with zero attached hydrogens (tertiary/aromatic N) is 2. The van der Waals surface area contributed by atoms with Crippen LogP contribution in [0.2, 0.25) is 0 Å². The van der Waals surface area contributed by atoms with Gasteiger partial charge in [0.15, 0.2) is 0 Å². The number of rotatable bonds is 9. The molecule has 20 heavy (non-hydrogen) atoms. The largest absolute Gasteiger partial charge is 0.306 e. The highest BCUT2D eigenvalue weighted by Crippen LogP contribution is 2.24. The third kappa shape index (κ3) is 5.81. The van der Waals surface area contributed by atoms with E-state index in [2.05, 4.69) is 37.2 Å².